The van der Waals surface area contributed by atoms with Gasteiger partial charge >= 0.3 is 5.97 Å². The lowest BCUT2D eigenvalue weighted by Crippen LogP contribution is -2.19. The average molecular weight is 256 g/mol. The second-order valence-corrected chi connectivity index (χ2v) is 4.17. The van der Waals surface area contributed by atoms with Gasteiger partial charge in [-0.15, -0.1) is 0 Å². The number of carbonyl (C=O) groups is 1. The number of nitrogens with one attached hydrogen (secondary N) is 1. The maximum Gasteiger partial charge on any atom is 0.310 e. The number of aryl methyl sites for hydroxylation is 1. The summed E-state index contributed by atoms with van der Waals surface area (Å²) in [7, 11) is 1.24. The molecule has 0 aliphatic carbocycles. The molecule has 0 spiro atoms. The van der Waals surface area contributed by atoms with Crippen molar-refractivity contribution in [3.05, 3.63) is 45.2 Å². The number of fused-ring (bicyclic) bond motifs is 1. The topological polar surface area (TPSA) is 82.9 Å². The first-order valence-electron chi connectivity index (χ1n) is 5.70. The van der Waals surface area contributed by atoms with Gasteiger partial charge in [0.25, 0.3) is 5.56 Å². The summed E-state index contributed by atoms with van der Waals surface area (Å²) in [6.45, 7) is 1.85. The second-order valence-electron chi connectivity index (χ2n) is 4.17. The fourth-order valence-electron chi connectivity index (χ4n) is 2.07. The molecule has 2 rings (SSSR count). The summed E-state index contributed by atoms with van der Waals surface area (Å²) in [6, 6.07) is 7.40. The minimum absolute atomic E-state index is 0.149. The van der Waals surface area contributed by atoms with E-state index in [1.54, 1.807) is 12.1 Å². The summed E-state index contributed by atoms with van der Waals surface area (Å²) in [5.74, 6) is -0.546. The lowest BCUT2D eigenvalue weighted by atomic mass is 9.99. The maximum absolute atomic E-state index is 12.0. The molecule has 1 heterocycles. The molecular formula is C14H12N2O3. The molecule has 0 fully saturated rings. The number of aromatic amines is 1. The quantitative estimate of drug-likeness (QED) is 0.824. The van der Waals surface area contributed by atoms with Gasteiger partial charge in [0.2, 0.25) is 0 Å². The molecule has 1 N–H and O–H groups in total. The van der Waals surface area contributed by atoms with E-state index in [1.165, 1.54) is 7.11 Å². The van der Waals surface area contributed by atoms with E-state index in [9.17, 15) is 14.9 Å². The molecular weight excluding hydrogens is 244 g/mol. The molecule has 1 aromatic heterocycles. The number of carbonyl (C=O) groups excluding carboxylic acids is 1. The second kappa shape index (κ2) is 4.94. The van der Waals surface area contributed by atoms with Crippen LogP contribution in [0.2, 0.25) is 0 Å². The van der Waals surface area contributed by atoms with Crippen molar-refractivity contribution in [2.45, 2.75) is 13.3 Å². The van der Waals surface area contributed by atoms with E-state index in [0.29, 0.717) is 10.9 Å². The van der Waals surface area contributed by atoms with Gasteiger partial charge in [-0.3, -0.25) is 9.59 Å². The molecule has 19 heavy (non-hydrogen) atoms. The van der Waals surface area contributed by atoms with Gasteiger partial charge in [-0.05, 0) is 18.6 Å². The zero-order chi connectivity index (χ0) is 14.0. The van der Waals surface area contributed by atoms with Crippen molar-refractivity contribution in [3.8, 4) is 6.07 Å². The number of methoxy groups -OCH3 is 1. The SMILES string of the molecule is COC(=O)Cc1c(C#N)c2c(C)cccc2[nH]c1=O. The first-order valence-corrected chi connectivity index (χ1v) is 5.70. The summed E-state index contributed by atoms with van der Waals surface area (Å²) in [6.07, 6.45) is -0.209. The van der Waals surface area contributed by atoms with Crippen LogP contribution >= 0.6 is 0 Å². The molecule has 0 amide bonds. The normalized spacial score (nSPS) is 10.2. The van der Waals surface area contributed by atoms with Gasteiger partial charge in [0.1, 0.15) is 6.07 Å². The van der Waals surface area contributed by atoms with Crippen molar-refractivity contribution in [2.75, 3.05) is 7.11 Å². The number of aromatic nitrogens is 1. The van der Waals surface area contributed by atoms with E-state index in [4.69, 9.17) is 0 Å². The predicted octanol–water partition coefficient (Wildman–Crippen LogP) is 1.42. The van der Waals surface area contributed by atoms with Gasteiger partial charge in [-0.25, -0.2) is 0 Å². The molecule has 0 radical (unpaired) electrons. The summed E-state index contributed by atoms with van der Waals surface area (Å²) in [5, 5.41) is 9.97. The standard InChI is InChI=1S/C14H12N2O3/c1-8-4-3-5-11-13(8)10(7-15)9(14(18)16-11)6-12(17)19-2/h3-5H,6H2,1-2H3,(H,16,18). The number of esters is 1. The van der Waals surface area contributed by atoms with Crippen molar-refractivity contribution >= 4 is 16.9 Å². The fourth-order valence-corrected chi connectivity index (χ4v) is 2.07. The number of ether oxygens (including phenoxy) is 1. The summed E-state index contributed by atoms with van der Waals surface area (Å²) < 4.78 is 4.55. The van der Waals surface area contributed by atoms with Crippen LogP contribution in [0.3, 0.4) is 0 Å². The number of hydrogen-bond acceptors (Lipinski definition) is 4. The molecule has 0 aliphatic heterocycles. The molecule has 0 saturated heterocycles. The average Bonchev–Trinajstić information content (AvgIpc) is 2.40. The lowest BCUT2D eigenvalue weighted by Gasteiger charge is -2.08. The number of nitriles is 1. The van der Waals surface area contributed by atoms with E-state index < -0.39 is 11.5 Å². The number of H-pyrrole nitrogens is 1. The molecule has 96 valence electrons. The highest BCUT2D eigenvalue weighted by molar-refractivity contribution is 5.89. The fraction of sp³-hybridized carbons (Fsp3) is 0.214. The minimum atomic E-state index is -0.546. The van der Waals surface area contributed by atoms with Crippen LogP contribution < -0.4 is 5.56 Å². The van der Waals surface area contributed by atoms with Gasteiger partial charge in [-0.2, -0.15) is 5.26 Å². The Morgan fingerprint density at radius 3 is 2.84 bits per heavy atom. The van der Waals surface area contributed by atoms with Gasteiger partial charge < -0.3 is 9.72 Å². The Labute approximate surface area is 109 Å². The van der Waals surface area contributed by atoms with E-state index >= 15 is 0 Å². The molecule has 1 aromatic carbocycles. The van der Waals surface area contributed by atoms with E-state index in [1.807, 2.05) is 19.1 Å². The van der Waals surface area contributed by atoms with Crippen LogP contribution in [0.15, 0.2) is 23.0 Å². The highest BCUT2D eigenvalue weighted by atomic mass is 16.5. The van der Waals surface area contributed by atoms with Crippen LogP contribution in [-0.2, 0) is 16.0 Å². The summed E-state index contributed by atoms with van der Waals surface area (Å²) in [5.41, 5.74) is 1.42. The van der Waals surface area contributed by atoms with E-state index in [2.05, 4.69) is 9.72 Å². The number of rotatable bonds is 2. The van der Waals surface area contributed by atoms with Crippen molar-refractivity contribution in [1.29, 1.82) is 5.26 Å². The Bertz CT molecular complexity index is 754. The molecule has 0 saturated carbocycles. The van der Waals surface area contributed by atoms with Gasteiger partial charge in [0, 0.05) is 16.5 Å². The minimum Gasteiger partial charge on any atom is -0.469 e. The van der Waals surface area contributed by atoms with Gasteiger partial charge in [0.05, 0.1) is 19.1 Å². The monoisotopic (exact) mass is 256 g/mol. The molecule has 0 aliphatic rings. The zero-order valence-electron chi connectivity index (χ0n) is 10.6. The zero-order valence-corrected chi connectivity index (χ0v) is 10.6. The van der Waals surface area contributed by atoms with Crippen molar-refractivity contribution < 1.29 is 9.53 Å². The molecule has 0 unspecified atom stereocenters. The predicted molar refractivity (Wildman–Crippen MR) is 69.7 cm³/mol. The van der Waals surface area contributed by atoms with Crippen LogP contribution in [0.1, 0.15) is 16.7 Å². The number of pyridine rings is 1. The molecule has 0 bridgehead atoms. The number of benzene rings is 1. The van der Waals surface area contributed by atoms with Gasteiger partial charge in [-0.1, -0.05) is 12.1 Å². The van der Waals surface area contributed by atoms with Crippen LogP contribution in [0.25, 0.3) is 10.9 Å². The molecule has 5 heteroatoms. The number of nitrogens with zero attached hydrogens (tertiary/aromatic N) is 1. The lowest BCUT2D eigenvalue weighted by molar-refractivity contribution is -0.139. The Morgan fingerprint density at radius 1 is 1.47 bits per heavy atom. The molecule has 2 aromatic rings. The Balaban J connectivity index is 2.81. The van der Waals surface area contributed by atoms with E-state index in [-0.39, 0.29) is 17.5 Å². The van der Waals surface area contributed by atoms with Crippen LogP contribution in [-0.4, -0.2) is 18.1 Å². The Kier molecular flexibility index (Phi) is 3.34. The highest BCUT2D eigenvalue weighted by Crippen LogP contribution is 2.21. The van der Waals surface area contributed by atoms with Gasteiger partial charge in [0.15, 0.2) is 0 Å². The van der Waals surface area contributed by atoms with Crippen molar-refractivity contribution in [2.24, 2.45) is 0 Å². The van der Waals surface area contributed by atoms with E-state index in [0.717, 1.165) is 5.56 Å². The van der Waals surface area contributed by atoms with Crippen molar-refractivity contribution in [3.63, 3.8) is 0 Å². The maximum atomic E-state index is 12.0. The number of hydrogen-bond donors (Lipinski definition) is 1. The smallest absolute Gasteiger partial charge is 0.310 e. The highest BCUT2D eigenvalue weighted by Gasteiger charge is 2.16. The van der Waals surface area contributed by atoms with Crippen LogP contribution in [0, 0.1) is 18.3 Å². The Morgan fingerprint density at radius 2 is 2.21 bits per heavy atom. The third-order valence-corrected chi connectivity index (χ3v) is 3.01. The third kappa shape index (κ3) is 2.20. The summed E-state index contributed by atoms with van der Waals surface area (Å²) >= 11 is 0. The van der Waals surface area contributed by atoms with Crippen molar-refractivity contribution in [1.82, 2.24) is 4.98 Å². The summed E-state index contributed by atoms with van der Waals surface area (Å²) in [4.78, 5) is 26.0. The largest absolute Gasteiger partial charge is 0.469 e. The molecule has 0 atom stereocenters. The Hall–Kier alpha value is -2.61. The first-order chi connectivity index (χ1) is 9.08. The first kappa shape index (κ1) is 12.8. The third-order valence-electron chi connectivity index (χ3n) is 3.01. The van der Waals surface area contributed by atoms with Crippen LogP contribution in [0.5, 0.6) is 0 Å². The molecule has 5 nitrogen and oxygen atoms in total. The van der Waals surface area contributed by atoms with Crippen LogP contribution in [0.4, 0.5) is 0 Å².